The topological polar surface area (TPSA) is 69.6 Å². The zero-order valence-electron chi connectivity index (χ0n) is 18.5. The first-order valence-corrected chi connectivity index (χ1v) is 10.6. The average Bonchev–Trinajstić information content (AvgIpc) is 3.06. The van der Waals surface area contributed by atoms with Gasteiger partial charge < -0.3 is 20.2 Å². The van der Waals surface area contributed by atoms with Gasteiger partial charge in [0.25, 0.3) is 0 Å². The molecule has 0 saturated carbocycles. The number of para-hydroxylation sites is 1. The van der Waals surface area contributed by atoms with Crippen LogP contribution in [-0.4, -0.2) is 33.0 Å². The molecule has 1 aliphatic rings. The highest BCUT2D eigenvalue weighted by Crippen LogP contribution is 2.41. The summed E-state index contributed by atoms with van der Waals surface area (Å²) in [6.45, 7) is 11.2. The highest BCUT2D eigenvalue weighted by atomic mass is 35.5. The van der Waals surface area contributed by atoms with Crippen LogP contribution >= 0.6 is 11.6 Å². The molecule has 1 aromatic heterocycles. The minimum Gasteiger partial charge on any atom is -0.390 e. The Balaban J connectivity index is 2.00. The van der Waals surface area contributed by atoms with Crippen molar-refractivity contribution in [2.24, 2.45) is 5.16 Å². The van der Waals surface area contributed by atoms with E-state index in [-0.39, 0.29) is 11.3 Å². The van der Waals surface area contributed by atoms with E-state index in [0.717, 1.165) is 16.5 Å². The maximum absolute atomic E-state index is 16.1. The van der Waals surface area contributed by atoms with E-state index in [4.69, 9.17) is 16.4 Å². The number of nitrogens with one attached hydrogen (secondary N) is 2. The number of anilines is 1. The molecule has 0 spiro atoms. The maximum Gasteiger partial charge on any atom is 0.142 e. The monoisotopic (exact) mass is 443 g/mol. The summed E-state index contributed by atoms with van der Waals surface area (Å²) in [4.78, 5) is 8.75. The molecule has 0 aliphatic carbocycles. The van der Waals surface area contributed by atoms with Crippen molar-refractivity contribution in [3.63, 3.8) is 0 Å². The second kappa shape index (κ2) is 7.24. The lowest BCUT2D eigenvalue weighted by atomic mass is 9.82. The first-order valence-electron chi connectivity index (χ1n) is 10.2. The van der Waals surface area contributed by atoms with E-state index >= 15 is 4.39 Å². The molecule has 3 N–H and O–H groups in total. The number of oxime groups is 1. The van der Waals surface area contributed by atoms with Crippen LogP contribution in [0.25, 0.3) is 22.0 Å². The smallest absolute Gasteiger partial charge is 0.142 e. The SMILES string of the molecule is Cc1cc(-c2cccc3c(Cl)c[nH]c23)c(F)c2c1NC(C)(C)C(O)/C2=N/OC(C)(C)C. The van der Waals surface area contributed by atoms with Gasteiger partial charge in [-0.25, -0.2) is 4.39 Å². The van der Waals surface area contributed by atoms with Gasteiger partial charge >= 0.3 is 0 Å². The van der Waals surface area contributed by atoms with E-state index in [0.29, 0.717) is 21.8 Å². The molecule has 0 amide bonds. The molecule has 4 rings (SSSR count). The molecule has 31 heavy (non-hydrogen) atoms. The molecule has 0 bridgehead atoms. The van der Waals surface area contributed by atoms with Gasteiger partial charge in [0.05, 0.1) is 21.6 Å². The number of benzene rings is 2. The highest BCUT2D eigenvalue weighted by Gasteiger charge is 2.42. The van der Waals surface area contributed by atoms with E-state index in [1.165, 1.54) is 0 Å². The Morgan fingerprint density at radius 2 is 1.94 bits per heavy atom. The Morgan fingerprint density at radius 3 is 2.61 bits per heavy atom. The first-order chi connectivity index (χ1) is 14.4. The lowest BCUT2D eigenvalue weighted by molar-refractivity contribution is -0.00167. The van der Waals surface area contributed by atoms with Crippen LogP contribution in [0.3, 0.4) is 0 Å². The number of aliphatic hydroxyl groups excluding tert-OH is 1. The highest BCUT2D eigenvalue weighted by molar-refractivity contribution is 6.36. The summed E-state index contributed by atoms with van der Waals surface area (Å²) < 4.78 is 16.1. The van der Waals surface area contributed by atoms with Gasteiger partial charge in [-0.3, -0.25) is 0 Å². The number of fused-ring (bicyclic) bond motifs is 2. The van der Waals surface area contributed by atoms with Crippen LogP contribution in [-0.2, 0) is 4.84 Å². The summed E-state index contributed by atoms with van der Waals surface area (Å²) in [6.07, 6.45) is 0.624. The fourth-order valence-corrected chi connectivity index (χ4v) is 4.10. The van der Waals surface area contributed by atoms with Gasteiger partial charge in [0, 0.05) is 28.4 Å². The van der Waals surface area contributed by atoms with E-state index < -0.39 is 23.1 Å². The largest absolute Gasteiger partial charge is 0.390 e. The molecule has 0 fully saturated rings. The fourth-order valence-electron chi connectivity index (χ4n) is 3.89. The Labute approximate surface area is 186 Å². The zero-order chi connectivity index (χ0) is 22.7. The quantitative estimate of drug-likeness (QED) is 0.424. The second-order valence-electron chi connectivity index (χ2n) is 9.60. The Kier molecular flexibility index (Phi) is 5.06. The van der Waals surface area contributed by atoms with E-state index in [1.54, 1.807) is 12.3 Å². The molecule has 2 heterocycles. The third-order valence-corrected chi connectivity index (χ3v) is 5.79. The van der Waals surface area contributed by atoms with Crippen molar-refractivity contribution in [1.29, 1.82) is 0 Å². The average molecular weight is 444 g/mol. The van der Waals surface area contributed by atoms with E-state index in [1.807, 2.05) is 59.7 Å². The number of aryl methyl sites for hydroxylation is 1. The Hall–Kier alpha value is -2.57. The summed E-state index contributed by atoms with van der Waals surface area (Å²) in [6, 6.07) is 7.39. The summed E-state index contributed by atoms with van der Waals surface area (Å²) in [5.41, 5.74) is 2.33. The van der Waals surface area contributed by atoms with Crippen LogP contribution in [0.15, 0.2) is 35.6 Å². The molecular formula is C24H27ClFN3O2. The summed E-state index contributed by atoms with van der Waals surface area (Å²) in [7, 11) is 0. The van der Waals surface area contributed by atoms with Crippen molar-refractivity contribution in [2.75, 3.05) is 5.32 Å². The van der Waals surface area contributed by atoms with E-state index in [2.05, 4.69) is 15.5 Å². The third-order valence-electron chi connectivity index (χ3n) is 5.48. The molecular weight excluding hydrogens is 417 g/mol. The molecule has 2 aromatic carbocycles. The van der Waals surface area contributed by atoms with Crippen molar-refractivity contribution < 1.29 is 14.3 Å². The molecule has 1 unspecified atom stereocenters. The van der Waals surface area contributed by atoms with Crippen LogP contribution in [0, 0.1) is 12.7 Å². The van der Waals surface area contributed by atoms with Crippen LogP contribution in [0.5, 0.6) is 0 Å². The normalized spacial score (nSPS) is 19.4. The lowest BCUT2D eigenvalue weighted by Crippen LogP contribution is -2.53. The predicted octanol–water partition coefficient (Wildman–Crippen LogP) is 6.02. The molecule has 7 heteroatoms. The van der Waals surface area contributed by atoms with Crippen LogP contribution < -0.4 is 5.32 Å². The summed E-state index contributed by atoms with van der Waals surface area (Å²) >= 11 is 6.27. The first kappa shape index (κ1) is 21.7. The van der Waals surface area contributed by atoms with Gasteiger partial charge in [-0.2, -0.15) is 0 Å². The number of hydrogen-bond acceptors (Lipinski definition) is 4. The lowest BCUT2D eigenvalue weighted by Gasteiger charge is -2.40. The minimum atomic E-state index is -1.07. The molecule has 1 aliphatic heterocycles. The molecule has 164 valence electrons. The number of rotatable bonds is 2. The molecule has 1 atom stereocenters. The van der Waals surface area contributed by atoms with Gasteiger partial charge in [0.1, 0.15) is 23.2 Å². The van der Waals surface area contributed by atoms with Crippen molar-refractivity contribution in [3.05, 3.63) is 52.4 Å². The van der Waals surface area contributed by atoms with Crippen molar-refractivity contribution in [1.82, 2.24) is 4.98 Å². The Morgan fingerprint density at radius 1 is 1.23 bits per heavy atom. The van der Waals surface area contributed by atoms with Gasteiger partial charge in [0.2, 0.25) is 0 Å². The number of hydrogen-bond donors (Lipinski definition) is 3. The fraction of sp³-hybridized carbons (Fsp3) is 0.375. The molecule has 0 radical (unpaired) electrons. The van der Waals surface area contributed by atoms with Gasteiger partial charge in [-0.1, -0.05) is 35.0 Å². The molecule has 3 aromatic rings. The van der Waals surface area contributed by atoms with Gasteiger partial charge in [-0.15, -0.1) is 0 Å². The number of aromatic nitrogens is 1. The third kappa shape index (κ3) is 3.68. The maximum atomic E-state index is 16.1. The van der Waals surface area contributed by atoms with Crippen LogP contribution in [0.2, 0.25) is 5.02 Å². The Bertz CT molecular complexity index is 1210. The minimum absolute atomic E-state index is 0.174. The number of aromatic amines is 1. The number of aliphatic hydroxyl groups is 1. The second-order valence-corrected chi connectivity index (χ2v) is 10.0. The number of nitrogens with zero attached hydrogens (tertiary/aromatic N) is 1. The number of H-pyrrole nitrogens is 1. The zero-order valence-corrected chi connectivity index (χ0v) is 19.3. The van der Waals surface area contributed by atoms with E-state index in [9.17, 15) is 5.11 Å². The summed E-state index contributed by atoms with van der Waals surface area (Å²) in [5, 5.41) is 19.9. The predicted molar refractivity (Wildman–Crippen MR) is 125 cm³/mol. The molecule has 0 saturated heterocycles. The van der Waals surface area contributed by atoms with Gasteiger partial charge in [-0.05, 0) is 53.2 Å². The van der Waals surface area contributed by atoms with Crippen LogP contribution in [0.1, 0.15) is 45.7 Å². The number of halogens is 2. The standard InChI is InChI=1S/C24H27ClFN3O2/c1-12-10-15(13-8-7-9-14-16(25)11-27-20(13)14)18(26)17-19(12)28-24(5,6)22(30)21(17)29-31-23(2,3)4/h7-11,22,27-28,30H,1-6H3/b29-21+. The van der Waals surface area contributed by atoms with Gasteiger partial charge in [0.15, 0.2) is 0 Å². The molecule has 5 nitrogen and oxygen atoms in total. The van der Waals surface area contributed by atoms with Crippen molar-refractivity contribution >= 4 is 33.9 Å². The van der Waals surface area contributed by atoms with Crippen molar-refractivity contribution in [3.8, 4) is 11.1 Å². The summed E-state index contributed by atoms with van der Waals surface area (Å²) in [5.74, 6) is -0.475. The van der Waals surface area contributed by atoms with Crippen LogP contribution in [0.4, 0.5) is 10.1 Å². The van der Waals surface area contributed by atoms with Crippen molar-refractivity contribution in [2.45, 2.75) is 58.8 Å².